The molecule has 2 saturated heterocycles. The maximum Gasteiger partial charge on any atom is 0.282 e. The van der Waals surface area contributed by atoms with E-state index in [1.54, 1.807) is 8.61 Å². The molecule has 0 aromatic rings. The van der Waals surface area contributed by atoms with E-state index in [-0.39, 0.29) is 24.5 Å². The Kier molecular flexibility index (Phi) is 6.53. The van der Waals surface area contributed by atoms with Crippen molar-refractivity contribution in [3.05, 3.63) is 0 Å². The minimum Gasteiger partial charge on any atom is -0.311 e. The Bertz CT molecular complexity index is 369. The Morgan fingerprint density at radius 3 is 2.21 bits per heavy atom. The summed E-state index contributed by atoms with van der Waals surface area (Å²) in [5.74, 6) is 0. The van der Waals surface area contributed by atoms with E-state index < -0.39 is 10.2 Å². The molecule has 114 valence electrons. The van der Waals surface area contributed by atoms with Crippen LogP contribution in [0.4, 0.5) is 0 Å². The first kappa shape index (κ1) is 17.2. The summed E-state index contributed by atoms with van der Waals surface area (Å²) < 4.78 is 28.7. The second-order valence-electron chi connectivity index (χ2n) is 5.55. The molecule has 5 nitrogen and oxygen atoms in total. The van der Waals surface area contributed by atoms with Gasteiger partial charge in [-0.25, -0.2) is 0 Å². The summed E-state index contributed by atoms with van der Waals surface area (Å²) in [4.78, 5) is 0. The maximum absolute atomic E-state index is 12.7. The zero-order chi connectivity index (χ0) is 13.2. The monoisotopic (exact) mass is 311 g/mol. The molecule has 1 N–H and O–H groups in total. The Morgan fingerprint density at radius 1 is 1.05 bits per heavy atom. The lowest BCUT2D eigenvalue weighted by Gasteiger charge is -2.39. The Labute approximate surface area is 123 Å². The predicted molar refractivity (Wildman–Crippen MR) is 79.8 cm³/mol. The van der Waals surface area contributed by atoms with E-state index in [2.05, 4.69) is 5.32 Å². The molecule has 2 unspecified atom stereocenters. The molecule has 2 aliphatic heterocycles. The van der Waals surface area contributed by atoms with E-state index >= 15 is 0 Å². The predicted octanol–water partition coefficient (Wildman–Crippen LogP) is 1.21. The Balaban J connectivity index is 0.00000180. The van der Waals surface area contributed by atoms with Gasteiger partial charge in [-0.3, -0.25) is 0 Å². The van der Waals surface area contributed by atoms with E-state index in [9.17, 15) is 8.42 Å². The van der Waals surface area contributed by atoms with Crippen LogP contribution < -0.4 is 5.32 Å². The molecular formula is C12H26ClN3O2S. The molecule has 2 heterocycles. The van der Waals surface area contributed by atoms with Gasteiger partial charge in [0.1, 0.15) is 0 Å². The second kappa shape index (κ2) is 7.22. The van der Waals surface area contributed by atoms with Crippen LogP contribution in [0.25, 0.3) is 0 Å². The van der Waals surface area contributed by atoms with Crippen LogP contribution in [0, 0.1) is 0 Å². The first-order chi connectivity index (χ1) is 8.51. The fraction of sp³-hybridized carbons (Fsp3) is 1.00. The standard InChI is InChI=1S/C12H25N3O2S.ClH/c1-11-10-15(12(2)9-13-11)18(16,17)14-7-5-3-4-6-8-14;/h11-13H,3-10H2,1-2H3;1H. The van der Waals surface area contributed by atoms with E-state index in [1.807, 2.05) is 13.8 Å². The molecule has 0 saturated carbocycles. The summed E-state index contributed by atoms with van der Waals surface area (Å²) in [7, 11) is -3.26. The first-order valence-corrected chi connectivity index (χ1v) is 8.42. The van der Waals surface area contributed by atoms with Crippen LogP contribution in [0.2, 0.25) is 0 Å². The molecule has 0 aromatic heterocycles. The number of hydrogen-bond donors (Lipinski definition) is 1. The fourth-order valence-corrected chi connectivity index (χ4v) is 4.69. The quantitative estimate of drug-likeness (QED) is 0.834. The lowest BCUT2D eigenvalue weighted by atomic mass is 10.2. The fourth-order valence-electron chi connectivity index (χ4n) is 2.73. The summed E-state index contributed by atoms with van der Waals surface area (Å²) in [6.07, 6.45) is 4.30. The van der Waals surface area contributed by atoms with Gasteiger partial charge in [0.25, 0.3) is 10.2 Å². The van der Waals surface area contributed by atoms with E-state index in [0.29, 0.717) is 19.6 Å². The molecule has 0 amide bonds. The molecule has 0 spiro atoms. The van der Waals surface area contributed by atoms with E-state index in [4.69, 9.17) is 0 Å². The molecule has 7 heteroatoms. The van der Waals surface area contributed by atoms with E-state index in [0.717, 1.165) is 32.2 Å². The van der Waals surface area contributed by atoms with Crippen LogP contribution in [0.5, 0.6) is 0 Å². The van der Waals surface area contributed by atoms with Crippen molar-refractivity contribution in [3.8, 4) is 0 Å². The van der Waals surface area contributed by atoms with Crippen LogP contribution in [-0.2, 0) is 10.2 Å². The molecular weight excluding hydrogens is 286 g/mol. The maximum atomic E-state index is 12.7. The zero-order valence-corrected chi connectivity index (χ0v) is 13.5. The van der Waals surface area contributed by atoms with Crippen molar-refractivity contribution < 1.29 is 8.42 Å². The number of halogens is 1. The number of hydrogen-bond acceptors (Lipinski definition) is 3. The van der Waals surface area contributed by atoms with Crippen LogP contribution in [0.15, 0.2) is 0 Å². The minimum atomic E-state index is -3.26. The Morgan fingerprint density at radius 2 is 1.63 bits per heavy atom. The zero-order valence-electron chi connectivity index (χ0n) is 11.8. The van der Waals surface area contributed by atoms with Crippen molar-refractivity contribution in [3.63, 3.8) is 0 Å². The molecule has 2 fully saturated rings. The highest BCUT2D eigenvalue weighted by molar-refractivity contribution is 7.86. The average molecular weight is 312 g/mol. The van der Waals surface area contributed by atoms with Gasteiger partial charge in [0.2, 0.25) is 0 Å². The van der Waals surface area contributed by atoms with Gasteiger partial charge in [-0.1, -0.05) is 12.8 Å². The van der Waals surface area contributed by atoms with Crippen LogP contribution in [-0.4, -0.2) is 55.3 Å². The molecule has 0 aromatic carbocycles. The van der Waals surface area contributed by atoms with Gasteiger partial charge in [0.05, 0.1) is 0 Å². The van der Waals surface area contributed by atoms with Crippen LogP contribution in [0.1, 0.15) is 39.5 Å². The number of nitrogens with one attached hydrogen (secondary N) is 1. The van der Waals surface area contributed by atoms with Gasteiger partial charge >= 0.3 is 0 Å². The average Bonchev–Trinajstić information content (AvgIpc) is 2.61. The summed E-state index contributed by atoms with van der Waals surface area (Å²) >= 11 is 0. The Hall–Kier alpha value is 0.120. The highest BCUT2D eigenvalue weighted by Gasteiger charge is 2.36. The van der Waals surface area contributed by atoms with Crippen molar-refractivity contribution in [1.82, 2.24) is 13.9 Å². The SMILES string of the molecule is CC1CN(S(=O)(=O)N2CCCCCC2)C(C)CN1.Cl. The molecule has 0 aliphatic carbocycles. The van der Waals surface area contributed by atoms with Crippen molar-refractivity contribution in [2.24, 2.45) is 0 Å². The minimum absolute atomic E-state index is 0. The normalized spacial score (nSPS) is 31.5. The van der Waals surface area contributed by atoms with Gasteiger partial charge in [-0.2, -0.15) is 17.0 Å². The summed E-state index contributed by atoms with van der Waals surface area (Å²) in [5, 5.41) is 3.32. The third-order valence-electron chi connectivity index (χ3n) is 3.89. The molecule has 0 radical (unpaired) electrons. The van der Waals surface area contributed by atoms with Crippen LogP contribution >= 0.6 is 12.4 Å². The summed E-state index contributed by atoms with van der Waals surface area (Å²) in [5.41, 5.74) is 0. The largest absolute Gasteiger partial charge is 0.311 e. The molecule has 19 heavy (non-hydrogen) atoms. The second-order valence-corrected chi connectivity index (χ2v) is 7.43. The first-order valence-electron chi connectivity index (χ1n) is 7.02. The third kappa shape index (κ3) is 4.04. The molecule has 0 bridgehead atoms. The van der Waals surface area contributed by atoms with Gasteiger partial charge < -0.3 is 5.32 Å². The van der Waals surface area contributed by atoms with Crippen LogP contribution in [0.3, 0.4) is 0 Å². The van der Waals surface area contributed by atoms with Gasteiger partial charge in [0.15, 0.2) is 0 Å². The molecule has 2 aliphatic rings. The van der Waals surface area contributed by atoms with Crippen molar-refractivity contribution >= 4 is 22.6 Å². The summed E-state index contributed by atoms with van der Waals surface area (Å²) in [6, 6.07) is 0.289. The molecule has 2 atom stereocenters. The van der Waals surface area contributed by atoms with Crippen molar-refractivity contribution in [2.75, 3.05) is 26.2 Å². The highest BCUT2D eigenvalue weighted by atomic mass is 35.5. The topological polar surface area (TPSA) is 52.7 Å². The third-order valence-corrected chi connectivity index (χ3v) is 6.01. The highest BCUT2D eigenvalue weighted by Crippen LogP contribution is 2.20. The summed E-state index contributed by atoms with van der Waals surface area (Å²) in [6.45, 7) is 6.72. The smallest absolute Gasteiger partial charge is 0.282 e. The van der Waals surface area contributed by atoms with E-state index in [1.165, 1.54) is 0 Å². The van der Waals surface area contributed by atoms with Gasteiger partial charge in [-0.05, 0) is 26.7 Å². The van der Waals surface area contributed by atoms with Gasteiger partial charge in [0, 0.05) is 38.3 Å². The van der Waals surface area contributed by atoms with Crippen molar-refractivity contribution in [1.29, 1.82) is 0 Å². The van der Waals surface area contributed by atoms with Crippen molar-refractivity contribution in [2.45, 2.75) is 51.6 Å². The molecule has 2 rings (SSSR count). The number of nitrogens with zero attached hydrogens (tertiary/aromatic N) is 2. The lowest BCUT2D eigenvalue weighted by Crippen LogP contribution is -2.59. The number of rotatable bonds is 2. The lowest BCUT2D eigenvalue weighted by molar-refractivity contribution is 0.226. The van der Waals surface area contributed by atoms with Gasteiger partial charge in [-0.15, -0.1) is 12.4 Å². The number of piperazine rings is 1.